The Morgan fingerprint density at radius 1 is 1.50 bits per heavy atom. The minimum absolute atomic E-state index is 0.250. The summed E-state index contributed by atoms with van der Waals surface area (Å²) in [6.45, 7) is 2.65. The van der Waals surface area contributed by atoms with Crippen LogP contribution in [0.2, 0.25) is 0 Å². The van der Waals surface area contributed by atoms with Crippen LogP contribution in [0.5, 0.6) is 0 Å². The summed E-state index contributed by atoms with van der Waals surface area (Å²) in [6.07, 6.45) is 0.945. The van der Waals surface area contributed by atoms with E-state index in [0.29, 0.717) is 17.1 Å². The lowest BCUT2D eigenvalue weighted by Gasteiger charge is -2.07. The minimum Gasteiger partial charge on any atom is -0.330 e. The smallest absolute Gasteiger partial charge is 0.133 e. The van der Waals surface area contributed by atoms with Crippen LogP contribution in [-0.2, 0) is 0 Å². The summed E-state index contributed by atoms with van der Waals surface area (Å²) >= 11 is 4.80. The molecule has 1 aromatic heterocycles. The van der Waals surface area contributed by atoms with E-state index >= 15 is 0 Å². The van der Waals surface area contributed by atoms with Crippen LogP contribution in [-0.4, -0.2) is 11.5 Å². The second-order valence-electron chi connectivity index (χ2n) is 4.04. The molecule has 1 heterocycles. The first-order valence-corrected chi connectivity index (χ1v) is 7.43. The lowest BCUT2D eigenvalue weighted by molar-refractivity contribution is 0.630. The Morgan fingerprint density at radius 3 is 2.94 bits per heavy atom. The monoisotopic (exact) mass is 328 g/mol. The lowest BCUT2D eigenvalue weighted by Crippen LogP contribution is -2.11. The van der Waals surface area contributed by atoms with Crippen LogP contribution in [0.15, 0.2) is 28.1 Å². The van der Waals surface area contributed by atoms with Crippen molar-refractivity contribution in [2.24, 2.45) is 5.73 Å². The third-order valence-electron chi connectivity index (χ3n) is 2.88. The summed E-state index contributed by atoms with van der Waals surface area (Å²) in [7, 11) is 0. The van der Waals surface area contributed by atoms with Crippen LogP contribution >= 0.6 is 27.3 Å². The topological polar surface area (TPSA) is 38.9 Å². The SMILES string of the molecule is CCC(CN)c1csc(-c2cc(Br)ccc2F)n1. The highest BCUT2D eigenvalue weighted by atomic mass is 79.9. The van der Waals surface area contributed by atoms with Crippen molar-refractivity contribution in [3.63, 3.8) is 0 Å². The van der Waals surface area contributed by atoms with Gasteiger partial charge in [0.2, 0.25) is 0 Å². The highest BCUT2D eigenvalue weighted by Gasteiger charge is 2.14. The quantitative estimate of drug-likeness (QED) is 0.915. The molecule has 0 aliphatic rings. The molecule has 0 amide bonds. The molecule has 2 nitrogen and oxygen atoms in total. The van der Waals surface area contributed by atoms with E-state index in [0.717, 1.165) is 16.6 Å². The molecule has 96 valence electrons. The maximum atomic E-state index is 13.8. The van der Waals surface area contributed by atoms with Crippen molar-refractivity contribution in [3.8, 4) is 10.6 Å². The molecular formula is C13H14BrFN2S. The van der Waals surface area contributed by atoms with Gasteiger partial charge in [0.25, 0.3) is 0 Å². The van der Waals surface area contributed by atoms with Crippen molar-refractivity contribution in [1.29, 1.82) is 0 Å². The van der Waals surface area contributed by atoms with Crippen molar-refractivity contribution in [2.75, 3.05) is 6.54 Å². The Balaban J connectivity index is 2.37. The summed E-state index contributed by atoms with van der Waals surface area (Å²) in [5.41, 5.74) is 7.19. The molecule has 0 bridgehead atoms. The van der Waals surface area contributed by atoms with Gasteiger partial charge < -0.3 is 5.73 Å². The Hall–Kier alpha value is -0.780. The van der Waals surface area contributed by atoms with Gasteiger partial charge in [-0.2, -0.15) is 0 Å². The maximum absolute atomic E-state index is 13.8. The Labute approximate surface area is 118 Å². The third kappa shape index (κ3) is 2.79. The van der Waals surface area contributed by atoms with Crippen molar-refractivity contribution < 1.29 is 4.39 Å². The number of nitrogens with zero attached hydrogens (tertiary/aromatic N) is 1. The van der Waals surface area contributed by atoms with Crippen molar-refractivity contribution in [3.05, 3.63) is 39.6 Å². The molecule has 0 spiro atoms. The number of thiazole rings is 1. The Bertz CT molecular complexity index is 538. The molecular weight excluding hydrogens is 315 g/mol. The minimum atomic E-state index is -0.250. The summed E-state index contributed by atoms with van der Waals surface area (Å²) in [5.74, 6) is 0.00473. The van der Waals surface area contributed by atoms with Crippen LogP contribution in [0, 0.1) is 5.82 Å². The largest absolute Gasteiger partial charge is 0.330 e. The molecule has 1 unspecified atom stereocenters. The number of hydrogen-bond donors (Lipinski definition) is 1. The summed E-state index contributed by atoms with van der Waals surface area (Å²) in [6, 6.07) is 4.88. The molecule has 0 fully saturated rings. The molecule has 1 atom stereocenters. The second-order valence-corrected chi connectivity index (χ2v) is 5.82. The van der Waals surface area contributed by atoms with Crippen LogP contribution in [0.3, 0.4) is 0 Å². The van der Waals surface area contributed by atoms with Gasteiger partial charge in [0, 0.05) is 27.9 Å². The molecule has 0 radical (unpaired) electrons. The van der Waals surface area contributed by atoms with Gasteiger partial charge in [-0.15, -0.1) is 11.3 Å². The zero-order chi connectivity index (χ0) is 13.1. The maximum Gasteiger partial charge on any atom is 0.133 e. The van der Waals surface area contributed by atoms with Gasteiger partial charge in [0.15, 0.2) is 0 Å². The van der Waals surface area contributed by atoms with Crippen LogP contribution in [0.1, 0.15) is 25.0 Å². The average molecular weight is 329 g/mol. The number of benzene rings is 1. The van der Waals surface area contributed by atoms with Gasteiger partial charge in [-0.3, -0.25) is 0 Å². The van der Waals surface area contributed by atoms with Gasteiger partial charge in [-0.05, 0) is 24.6 Å². The van der Waals surface area contributed by atoms with Gasteiger partial charge in [-0.25, -0.2) is 9.37 Å². The number of halogens is 2. The highest BCUT2D eigenvalue weighted by molar-refractivity contribution is 9.10. The molecule has 0 aliphatic carbocycles. The van der Waals surface area contributed by atoms with E-state index in [-0.39, 0.29) is 11.7 Å². The molecule has 1 aromatic carbocycles. The Morgan fingerprint density at radius 2 is 2.28 bits per heavy atom. The third-order valence-corrected chi connectivity index (χ3v) is 4.26. The second kappa shape index (κ2) is 5.91. The predicted molar refractivity (Wildman–Crippen MR) is 77.3 cm³/mol. The average Bonchev–Trinajstić information content (AvgIpc) is 2.83. The van der Waals surface area contributed by atoms with Crippen molar-refractivity contribution in [1.82, 2.24) is 4.98 Å². The summed E-state index contributed by atoms with van der Waals surface area (Å²) < 4.78 is 14.6. The van der Waals surface area contributed by atoms with E-state index < -0.39 is 0 Å². The first-order valence-electron chi connectivity index (χ1n) is 5.76. The van der Waals surface area contributed by atoms with Gasteiger partial charge in [0.1, 0.15) is 10.8 Å². The van der Waals surface area contributed by atoms with Crippen LogP contribution in [0.4, 0.5) is 4.39 Å². The molecule has 0 saturated carbocycles. The molecule has 0 aliphatic heterocycles. The predicted octanol–water partition coefficient (Wildman–Crippen LogP) is 4.16. The molecule has 2 aromatic rings. The van der Waals surface area contributed by atoms with E-state index in [9.17, 15) is 4.39 Å². The molecule has 18 heavy (non-hydrogen) atoms. The van der Waals surface area contributed by atoms with Gasteiger partial charge >= 0.3 is 0 Å². The normalized spacial score (nSPS) is 12.7. The van der Waals surface area contributed by atoms with Gasteiger partial charge in [-0.1, -0.05) is 22.9 Å². The van der Waals surface area contributed by atoms with Crippen molar-refractivity contribution in [2.45, 2.75) is 19.3 Å². The van der Waals surface area contributed by atoms with Crippen LogP contribution < -0.4 is 5.73 Å². The fourth-order valence-corrected chi connectivity index (χ4v) is 3.04. The summed E-state index contributed by atoms with van der Waals surface area (Å²) in [5, 5.41) is 2.67. The molecule has 5 heteroatoms. The zero-order valence-corrected chi connectivity index (χ0v) is 12.4. The standard InChI is InChI=1S/C13H14BrFN2S/c1-2-8(6-16)12-7-18-13(17-12)10-5-9(14)3-4-11(10)15/h3-5,7-8H,2,6,16H2,1H3. The molecule has 2 rings (SSSR count). The fraction of sp³-hybridized carbons (Fsp3) is 0.308. The van der Waals surface area contributed by atoms with Gasteiger partial charge in [0.05, 0.1) is 5.69 Å². The van der Waals surface area contributed by atoms with Crippen molar-refractivity contribution >= 4 is 27.3 Å². The van der Waals surface area contributed by atoms with E-state index in [1.54, 1.807) is 12.1 Å². The van der Waals surface area contributed by atoms with Crippen LogP contribution in [0.25, 0.3) is 10.6 Å². The number of aromatic nitrogens is 1. The summed E-state index contributed by atoms with van der Waals surface area (Å²) in [4.78, 5) is 4.50. The van der Waals surface area contributed by atoms with E-state index in [1.165, 1.54) is 17.4 Å². The van der Waals surface area contributed by atoms with E-state index in [4.69, 9.17) is 5.73 Å². The fourth-order valence-electron chi connectivity index (χ4n) is 1.76. The first kappa shape index (κ1) is 13.6. The number of hydrogen-bond acceptors (Lipinski definition) is 3. The first-order chi connectivity index (χ1) is 8.65. The van der Waals surface area contributed by atoms with E-state index in [1.807, 2.05) is 5.38 Å². The number of rotatable bonds is 4. The lowest BCUT2D eigenvalue weighted by atomic mass is 10.0. The zero-order valence-electron chi connectivity index (χ0n) is 9.99. The highest BCUT2D eigenvalue weighted by Crippen LogP contribution is 2.31. The molecule has 0 saturated heterocycles. The Kier molecular flexibility index (Phi) is 4.48. The van der Waals surface area contributed by atoms with E-state index in [2.05, 4.69) is 27.8 Å². The molecule has 2 N–H and O–H groups in total. The number of nitrogens with two attached hydrogens (primary N) is 1.